The average molecular weight is 201 g/mol. The van der Waals surface area contributed by atoms with Crippen molar-refractivity contribution in [2.75, 3.05) is 5.32 Å². The Morgan fingerprint density at radius 3 is 2.67 bits per heavy atom. The van der Waals surface area contributed by atoms with Gasteiger partial charge in [-0.3, -0.25) is 4.98 Å². The van der Waals surface area contributed by atoms with Crippen molar-refractivity contribution in [1.29, 1.82) is 0 Å². The maximum Gasteiger partial charge on any atom is 0.205 e. The standard InChI is InChI=1S/C12H15N3/c1-13-11-7-8-12(14-9-11)15-10-5-3-2-4-6-10/h7-10H,2-6H2,(H,14,15). The van der Waals surface area contributed by atoms with Gasteiger partial charge >= 0.3 is 0 Å². The Bertz CT molecular complexity index is 344. The zero-order valence-corrected chi connectivity index (χ0v) is 8.74. The summed E-state index contributed by atoms with van der Waals surface area (Å²) >= 11 is 0. The molecule has 1 aliphatic rings. The summed E-state index contributed by atoms with van der Waals surface area (Å²) < 4.78 is 0. The second-order valence-corrected chi connectivity index (χ2v) is 3.99. The minimum Gasteiger partial charge on any atom is -0.367 e. The average Bonchev–Trinajstić information content (AvgIpc) is 2.31. The smallest absolute Gasteiger partial charge is 0.205 e. The first-order valence-electron chi connectivity index (χ1n) is 5.48. The summed E-state index contributed by atoms with van der Waals surface area (Å²) in [5.41, 5.74) is 0.601. The van der Waals surface area contributed by atoms with E-state index in [1.54, 1.807) is 6.20 Å². The van der Waals surface area contributed by atoms with Gasteiger partial charge in [-0.25, -0.2) is 4.85 Å². The predicted molar refractivity (Wildman–Crippen MR) is 61.0 cm³/mol. The lowest BCUT2D eigenvalue weighted by molar-refractivity contribution is 0.462. The molecule has 0 aromatic carbocycles. The summed E-state index contributed by atoms with van der Waals surface area (Å²) in [5.74, 6) is 0.898. The second-order valence-electron chi connectivity index (χ2n) is 3.99. The van der Waals surface area contributed by atoms with Gasteiger partial charge in [0.05, 0.1) is 6.57 Å². The molecule has 0 amide bonds. The van der Waals surface area contributed by atoms with Crippen LogP contribution in [0.4, 0.5) is 11.5 Å². The molecule has 0 radical (unpaired) electrons. The predicted octanol–water partition coefficient (Wildman–Crippen LogP) is 3.38. The molecule has 0 aliphatic heterocycles. The van der Waals surface area contributed by atoms with Crippen LogP contribution >= 0.6 is 0 Å². The minimum atomic E-state index is 0.574. The molecule has 1 heterocycles. The van der Waals surface area contributed by atoms with Crippen LogP contribution in [0, 0.1) is 6.57 Å². The maximum absolute atomic E-state index is 6.83. The molecule has 78 valence electrons. The second kappa shape index (κ2) is 4.79. The van der Waals surface area contributed by atoms with E-state index in [9.17, 15) is 0 Å². The van der Waals surface area contributed by atoms with Crippen LogP contribution in [0.25, 0.3) is 4.85 Å². The van der Waals surface area contributed by atoms with Crippen molar-refractivity contribution in [3.05, 3.63) is 29.7 Å². The molecule has 3 heteroatoms. The molecule has 1 aliphatic carbocycles. The van der Waals surface area contributed by atoms with Gasteiger partial charge in [0.25, 0.3) is 0 Å². The van der Waals surface area contributed by atoms with Crippen LogP contribution in [0.5, 0.6) is 0 Å². The van der Waals surface area contributed by atoms with Crippen LogP contribution in [0.15, 0.2) is 18.3 Å². The Morgan fingerprint density at radius 1 is 1.27 bits per heavy atom. The minimum absolute atomic E-state index is 0.574. The van der Waals surface area contributed by atoms with Crippen molar-refractivity contribution in [2.45, 2.75) is 38.1 Å². The van der Waals surface area contributed by atoms with Gasteiger partial charge < -0.3 is 5.32 Å². The van der Waals surface area contributed by atoms with Gasteiger partial charge in [0.15, 0.2) is 0 Å². The number of pyridine rings is 1. The number of nitrogens with zero attached hydrogens (tertiary/aromatic N) is 2. The molecule has 1 fully saturated rings. The fraction of sp³-hybridized carbons (Fsp3) is 0.500. The number of aromatic nitrogens is 1. The third-order valence-electron chi connectivity index (χ3n) is 2.83. The number of rotatable bonds is 2. The summed E-state index contributed by atoms with van der Waals surface area (Å²) in [6.45, 7) is 6.83. The topological polar surface area (TPSA) is 29.3 Å². The first-order valence-corrected chi connectivity index (χ1v) is 5.48. The highest BCUT2D eigenvalue weighted by Gasteiger charge is 2.12. The van der Waals surface area contributed by atoms with Gasteiger partial charge in [-0.15, -0.1) is 0 Å². The van der Waals surface area contributed by atoms with E-state index in [1.165, 1.54) is 32.1 Å². The van der Waals surface area contributed by atoms with Gasteiger partial charge in [-0.05, 0) is 18.9 Å². The van der Waals surface area contributed by atoms with Crippen LogP contribution in [0.3, 0.4) is 0 Å². The van der Waals surface area contributed by atoms with Gasteiger partial charge in [0.2, 0.25) is 5.69 Å². The lowest BCUT2D eigenvalue weighted by Crippen LogP contribution is -2.22. The van der Waals surface area contributed by atoms with E-state index >= 15 is 0 Å². The van der Waals surface area contributed by atoms with Crippen molar-refractivity contribution < 1.29 is 0 Å². The number of hydrogen-bond acceptors (Lipinski definition) is 2. The molecular formula is C12H15N3. The third-order valence-corrected chi connectivity index (χ3v) is 2.83. The summed E-state index contributed by atoms with van der Waals surface area (Å²) in [6.07, 6.45) is 8.11. The fourth-order valence-corrected chi connectivity index (χ4v) is 1.99. The van der Waals surface area contributed by atoms with Crippen LogP contribution in [0.1, 0.15) is 32.1 Å². The SMILES string of the molecule is [C-]#[N+]c1ccc(NC2CCCCC2)nc1. The molecule has 0 spiro atoms. The van der Waals surface area contributed by atoms with Crippen LogP contribution in [-0.2, 0) is 0 Å². The Balaban J connectivity index is 1.95. The highest BCUT2D eigenvalue weighted by atomic mass is 15.0. The first-order chi connectivity index (χ1) is 7.38. The maximum atomic E-state index is 6.83. The molecule has 15 heavy (non-hydrogen) atoms. The number of anilines is 1. The van der Waals surface area contributed by atoms with Crippen molar-refractivity contribution >= 4 is 11.5 Å². The quantitative estimate of drug-likeness (QED) is 0.743. The first kappa shape index (κ1) is 9.97. The van der Waals surface area contributed by atoms with E-state index in [4.69, 9.17) is 6.57 Å². The molecule has 1 aromatic rings. The van der Waals surface area contributed by atoms with E-state index in [0.717, 1.165) is 5.82 Å². The van der Waals surface area contributed by atoms with Gasteiger partial charge in [0, 0.05) is 12.2 Å². The number of hydrogen-bond donors (Lipinski definition) is 1. The fourth-order valence-electron chi connectivity index (χ4n) is 1.99. The van der Waals surface area contributed by atoms with Crippen molar-refractivity contribution in [2.24, 2.45) is 0 Å². The zero-order valence-electron chi connectivity index (χ0n) is 8.74. The number of nitrogens with one attached hydrogen (secondary N) is 1. The normalized spacial score (nSPS) is 17.0. The Hall–Kier alpha value is -1.56. The van der Waals surface area contributed by atoms with Gasteiger partial charge in [-0.1, -0.05) is 25.3 Å². The lowest BCUT2D eigenvalue weighted by atomic mass is 9.95. The molecule has 0 bridgehead atoms. The van der Waals surface area contributed by atoms with Gasteiger partial charge in [-0.2, -0.15) is 0 Å². The molecule has 1 saturated carbocycles. The molecule has 0 saturated heterocycles. The highest BCUT2D eigenvalue weighted by Crippen LogP contribution is 2.21. The van der Waals surface area contributed by atoms with Crippen molar-refractivity contribution in [3.63, 3.8) is 0 Å². The summed E-state index contributed by atoms with van der Waals surface area (Å²) in [5, 5.41) is 3.42. The van der Waals surface area contributed by atoms with Crippen molar-refractivity contribution in [3.8, 4) is 0 Å². The van der Waals surface area contributed by atoms with E-state index in [2.05, 4.69) is 15.1 Å². The van der Waals surface area contributed by atoms with E-state index in [1.807, 2.05) is 12.1 Å². The van der Waals surface area contributed by atoms with E-state index in [-0.39, 0.29) is 0 Å². The molecule has 2 rings (SSSR count). The van der Waals surface area contributed by atoms with Crippen LogP contribution < -0.4 is 5.32 Å². The zero-order chi connectivity index (χ0) is 10.5. The molecule has 0 unspecified atom stereocenters. The van der Waals surface area contributed by atoms with Crippen molar-refractivity contribution in [1.82, 2.24) is 4.98 Å². The lowest BCUT2D eigenvalue weighted by Gasteiger charge is -2.23. The monoisotopic (exact) mass is 201 g/mol. The Kier molecular flexibility index (Phi) is 3.18. The molecule has 0 atom stereocenters. The summed E-state index contributed by atoms with van der Waals surface area (Å²) in [4.78, 5) is 7.54. The van der Waals surface area contributed by atoms with Crippen LogP contribution in [0.2, 0.25) is 0 Å². The molecule has 1 N–H and O–H groups in total. The van der Waals surface area contributed by atoms with E-state index in [0.29, 0.717) is 11.7 Å². The summed E-state index contributed by atoms with van der Waals surface area (Å²) in [7, 11) is 0. The van der Waals surface area contributed by atoms with Crippen LogP contribution in [-0.4, -0.2) is 11.0 Å². The molecule has 3 nitrogen and oxygen atoms in total. The largest absolute Gasteiger partial charge is 0.367 e. The summed E-state index contributed by atoms with van der Waals surface area (Å²) in [6, 6.07) is 4.28. The molecular weight excluding hydrogens is 186 g/mol. The Morgan fingerprint density at radius 2 is 2.07 bits per heavy atom. The Labute approximate surface area is 90.4 Å². The molecule has 1 aromatic heterocycles. The van der Waals surface area contributed by atoms with E-state index < -0.39 is 0 Å². The highest BCUT2D eigenvalue weighted by molar-refractivity contribution is 5.48. The van der Waals surface area contributed by atoms with Gasteiger partial charge in [0.1, 0.15) is 5.82 Å². The third kappa shape index (κ3) is 2.69.